The first-order chi connectivity index (χ1) is 16.7. The van der Waals surface area contributed by atoms with E-state index in [9.17, 15) is 9.59 Å². The van der Waals surface area contributed by atoms with Crippen molar-refractivity contribution in [2.45, 2.75) is 45.4 Å². The Morgan fingerprint density at radius 2 is 1.77 bits per heavy atom. The van der Waals surface area contributed by atoms with Crippen molar-refractivity contribution in [2.75, 3.05) is 0 Å². The molecule has 4 aromatic rings. The van der Waals surface area contributed by atoms with E-state index in [1.165, 1.54) is 0 Å². The first kappa shape index (κ1) is 23.9. The molecule has 0 radical (unpaired) electrons. The van der Waals surface area contributed by atoms with Gasteiger partial charge >= 0.3 is 6.09 Å². The average molecular weight is 476 g/mol. The van der Waals surface area contributed by atoms with Crippen molar-refractivity contribution >= 4 is 22.9 Å². The quantitative estimate of drug-likeness (QED) is 0.425. The first-order valence-electron chi connectivity index (χ1n) is 11.3. The number of fused-ring (bicyclic) bond motifs is 1. The van der Waals surface area contributed by atoms with Gasteiger partial charge < -0.3 is 19.9 Å². The predicted octanol–water partition coefficient (Wildman–Crippen LogP) is 2.91. The molecule has 182 valence electrons. The van der Waals surface area contributed by atoms with Crippen LogP contribution in [0.5, 0.6) is 0 Å². The van der Waals surface area contributed by atoms with E-state index >= 15 is 0 Å². The van der Waals surface area contributed by atoms with Crippen molar-refractivity contribution in [3.63, 3.8) is 0 Å². The summed E-state index contributed by atoms with van der Waals surface area (Å²) >= 11 is 0. The van der Waals surface area contributed by atoms with Crippen LogP contribution < -0.4 is 10.6 Å². The minimum absolute atomic E-state index is 0.0861. The van der Waals surface area contributed by atoms with E-state index in [1.54, 1.807) is 25.5 Å². The number of carbonyl (C=O) groups is 2. The number of benzene rings is 2. The fraction of sp³-hybridized carbons (Fsp3) is 0.320. The molecule has 2 amide bonds. The van der Waals surface area contributed by atoms with Gasteiger partial charge in [0.05, 0.1) is 12.2 Å². The van der Waals surface area contributed by atoms with Gasteiger partial charge in [0.15, 0.2) is 5.82 Å². The van der Waals surface area contributed by atoms with Crippen LogP contribution in [-0.2, 0) is 29.5 Å². The summed E-state index contributed by atoms with van der Waals surface area (Å²) in [6, 6.07) is 16.5. The maximum atomic E-state index is 13.3. The van der Waals surface area contributed by atoms with Gasteiger partial charge in [0, 0.05) is 30.6 Å². The number of hydrogen-bond donors (Lipinski definition) is 2. The molecule has 0 aliphatic rings. The first-order valence-corrected chi connectivity index (χ1v) is 11.3. The molecule has 0 aliphatic carbocycles. The summed E-state index contributed by atoms with van der Waals surface area (Å²) in [4.78, 5) is 25.8. The van der Waals surface area contributed by atoms with Crippen molar-refractivity contribution < 1.29 is 14.3 Å². The number of ether oxygens (including phenoxy) is 1. The molecule has 0 bridgehead atoms. The number of carbonyl (C=O) groups excluding carboxylic acids is 2. The Kier molecular flexibility index (Phi) is 6.81. The second-order valence-corrected chi connectivity index (χ2v) is 9.25. The molecule has 4 rings (SSSR count). The van der Waals surface area contributed by atoms with Crippen LogP contribution in [0.25, 0.3) is 16.6 Å². The van der Waals surface area contributed by atoms with Gasteiger partial charge in [-0.3, -0.25) is 4.79 Å². The summed E-state index contributed by atoms with van der Waals surface area (Å²) < 4.78 is 8.96. The van der Waals surface area contributed by atoms with Crippen molar-refractivity contribution in [2.24, 2.45) is 7.05 Å². The van der Waals surface area contributed by atoms with Crippen molar-refractivity contribution in [1.29, 1.82) is 0 Å². The van der Waals surface area contributed by atoms with Gasteiger partial charge in [-0.2, -0.15) is 4.68 Å². The number of amides is 2. The molecular weight excluding hydrogens is 446 g/mol. The van der Waals surface area contributed by atoms with Gasteiger partial charge in [-0.25, -0.2) is 4.79 Å². The highest BCUT2D eigenvalue weighted by molar-refractivity contribution is 5.88. The van der Waals surface area contributed by atoms with E-state index < -0.39 is 17.7 Å². The number of aromatic nitrogens is 5. The summed E-state index contributed by atoms with van der Waals surface area (Å²) in [5.41, 5.74) is 2.07. The van der Waals surface area contributed by atoms with Crippen LogP contribution in [0.4, 0.5) is 4.79 Å². The molecule has 0 fully saturated rings. The van der Waals surface area contributed by atoms with E-state index in [1.807, 2.05) is 72.4 Å². The number of hydrogen-bond acceptors (Lipinski definition) is 6. The van der Waals surface area contributed by atoms with Crippen LogP contribution in [0, 0.1) is 0 Å². The summed E-state index contributed by atoms with van der Waals surface area (Å²) in [6.45, 7) is 5.41. The number of aryl methyl sites for hydroxylation is 1. The van der Waals surface area contributed by atoms with Crippen LogP contribution in [0.15, 0.2) is 60.8 Å². The number of tetrazole rings is 1. The SMILES string of the molecule is Cn1cc(CC(NC(=O)OC(C)(C)C)C(=O)NCc2nnnn2-c2ccccc2)c2ccccc21. The van der Waals surface area contributed by atoms with Gasteiger partial charge in [-0.15, -0.1) is 5.10 Å². The van der Waals surface area contributed by atoms with Crippen LogP contribution in [0.1, 0.15) is 32.2 Å². The predicted molar refractivity (Wildman–Crippen MR) is 131 cm³/mol. The Morgan fingerprint density at radius 1 is 1.06 bits per heavy atom. The second-order valence-electron chi connectivity index (χ2n) is 9.25. The number of nitrogens with one attached hydrogen (secondary N) is 2. The molecule has 2 aromatic heterocycles. The Balaban J connectivity index is 1.53. The third-order valence-electron chi connectivity index (χ3n) is 5.37. The van der Waals surface area contributed by atoms with Crippen LogP contribution in [-0.4, -0.2) is 48.4 Å². The van der Waals surface area contributed by atoms with Gasteiger partial charge in [0.2, 0.25) is 5.91 Å². The number of para-hydroxylation sites is 2. The van der Waals surface area contributed by atoms with Crippen molar-refractivity contribution in [3.8, 4) is 5.69 Å². The fourth-order valence-corrected chi connectivity index (χ4v) is 3.84. The third kappa shape index (κ3) is 5.84. The zero-order valence-corrected chi connectivity index (χ0v) is 20.2. The normalized spacial score (nSPS) is 12.3. The minimum Gasteiger partial charge on any atom is -0.444 e. The largest absolute Gasteiger partial charge is 0.444 e. The summed E-state index contributed by atoms with van der Waals surface area (Å²) in [5, 5.41) is 18.4. The highest BCUT2D eigenvalue weighted by Gasteiger charge is 2.26. The van der Waals surface area contributed by atoms with E-state index in [4.69, 9.17) is 4.74 Å². The molecule has 2 heterocycles. The molecule has 35 heavy (non-hydrogen) atoms. The van der Waals surface area contributed by atoms with Crippen molar-refractivity contribution in [3.05, 3.63) is 72.2 Å². The molecule has 2 aromatic carbocycles. The lowest BCUT2D eigenvalue weighted by Crippen LogP contribution is -2.49. The molecule has 0 aliphatic heterocycles. The molecule has 1 atom stereocenters. The Labute approximate surface area is 203 Å². The molecule has 1 unspecified atom stereocenters. The van der Waals surface area contributed by atoms with Crippen molar-refractivity contribution in [1.82, 2.24) is 35.4 Å². The lowest BCUT2D eigenvalue weighted by molar-refractivity contribution is -0.123. The highest BCUT2D eigenvalue weighted by atomic mass is 16.6. The van der Waals surface area contributed by atoms with Gasteiger partial charge in [0.1, 0.15) is 11.6 Å². The molecule has 10 heteroatoms. The molecule has 0 spiro atoms. The van der Waals surface area contributed by atoms with Gasteiger partial charge in [-0.05, 0) is 55.0 Å². The third-order valence-corrected chi connectivity index (χ3v) is 5.37. The smallest absolute Gasteiger partial charge is 0.408 e. The zero-order valence-electron chi connectivity index (χ0n) is 20.2. The topological polar surface area (TPSA) is 116 Å². The summed E-state index contributed by atoms with van der Waals surface area (Å²) in [5.74, 6) is 0.0946. The maximum absolute atomic E-state index is 13.3. The Bertz CT molecular complexity index is 1320. The van der Waals surface area contributed by atoms with E-state index in [0.29, 0.717) is 5.82 Å². The monoisotopic (exact) mass is 475 g/mol. The summed E-state index contributed by atoms with van der Waals surface area (Å²) in [6.07, 6.45) is 1.60. The number of nitrogens with zero attached hydrogens (tertiary/aromatic N) is 5. The lowest BCUT2D eigenvalue weighted by Gasteiger charge is -2.23. The van der Waals surface area contributed by atoms with Crippen LogP contribution in [0.2, 0.25) is 0 Å². The van der Waals surface area contributed by atoms with E-state index in [0.717, 1.165) is 22.2 Å². The van der Waals surface area contributed by atoms with Gasteiger partial charge in [-0.1, -0.05) is 36.4 Å². The number of alkyl carbamates (subject to hydrolysis) is 1. The molecule has 2 N–H and O–H groups in total. The minimum atomic E-state index is -0.864. The molecule has 10 nitrogen and oxygen atoms in total. The van der Waals surface area contributed by atoms with E-state index in [2.05, 4.69) is 26.2 Å². The molecule has 0 saturated heterocycles. The lowest BCUT2D eigenvalue weighted by atomic mass is 10.0. The second kappa shape index (κ2) is 9.96. The molecular formula is C25H29N7O3. The Hall–Kier alpha value is -4.21. The number of rotatable bonds is 7. The maximum Gasteiger partial charge on any atom is 0.408 e. The highest BCUT2D eigenvalue weighted by Crippen LogP contribution is 2.22. The Morgan fingerprint density at radius 3 is 2.51 bits per heavy atom. The fourth-order valence-electron chi connectivity index (χ4n) is 3.84. The molecule has 0 saturated carbocycles. The summed E-state index contributed by atoms with van der Waals surface area (Å²) in [7, 11) is 1.95. The van der Waals surface area contributed by atoms with E-state index in [-0.39, 0.29) is 18.9 Å². The zero-order chi connectivity index (χ0) is 25.0. The van der Waals surface area contributed by atoms with Crippen LogP contribution in [0.3, 0.4) is 0 Å². The average Bonchev–Trinajstić information content (AvgIpc) is 3.41. The standard InChI is InChI=1S/C25H29N7O3/c1-25(2,3)35-24(34)27-20(14-17-16-31(4)21-13-9-8-12-19(17)21)23(33)26-15-22-28-29-30-32(22)18-10-6-5-7-11-18/h5-13,16,20H,14-15H2,1-4H3,(H,26,33)(H,27,34). The van der Waals surface area contributed by atoms with Crippen LogP contribution >= 0.6 is 0 Å². The van der Waals surface area contributed by atoms with Gasteiger partial charge in [0.25, 0.3) is 0 Å².